The lowest BCUT2D eigenvalue weighted by Gasteiger charge is -2.19. The van der Waals surface area contributed by atoms with Gasteiger partial charge < -0.3 is 31.5 Å². The molecule has 0 bridgehead atoms. The van der Waals surface area contributed by atoms with Gasteiger partial charge in [0.25, 0.3) is 0 Å². The van der Waals surface area contributed by atoms with E-state index in [1.807, 2.05) is 0 Å². The molecule has 0 heterocycles. The van der Waals surface area contributed by atoms with Gasteiger partial charge in [0.15, 0.2) is 0 Å². The molecule has 0 radical (unpaired) electrons. The second-order valence-corrected chi connectivity index (χ2v) is 9.57. The van der Waals surface area contributed by atoms with Gasteiger partial charge in [-0.15, -0.1) is 11.8 Å². The summed E-state index contributed by atoms with van der Waals surface area (Å²) in [6.07, 6.45) is -0.872. The van der Waals surface area contributed by atoms with Gasteiger partial charge in [0.2, 0.25) is 23.6 Å². The number of aliphatic carboxylic acids is 2. The van der Waals surface area contributed by atoms with Crippen molar-refractivity contribution in [2.24, 2.45) is 5.92 Å². The molecule has 0 aliphatic heterocycles. The molecule has 0 rings (SSSR count). The Morgan fingerprint density at radius 1 is 0.818 bits per heavy atom. The van der Waals surface area contributed by atoms with Crippen LogP contribution < -0.4 is 21.3 Å². The average molecular weight is 491 g/mol. The number of carbonyl (C=O) groups excluding carboxylic acids is 4. The predicted octanol–water partition coefficient (Wildman–Crippen LogP) is -0.674. The lowest BCUT2D eigenvalue weighted by molar-refractivity contribution is -0.139. The number of hydrogen-bond donors (Lipinski definition) is 6. The van der Waals surface area contributed by atoms with Crippen molar-refractivity contribution >= 4 is 47.3 Å². The van der Waals surface area contributed by atoms with Crippen LogP contribution in [0, 0.1) is 5.92 Å². The van der Waals surface area contributed by atoms with E-state index in [1.165, 1.54) is 0 Å². The molecule has 0 spiro atoms. The zero-order valence-corrected chi connectivity index (χ0v) is 20.1. The second-order valence-electron chi connectivity index (χ2n) is 7.78. The maximum atomic E-state index is 12.3. The summed E-state index contributed by atoms with van der Waals surface area (Å²) in [5, 5.41) is 26.9. The minimum absolute atomic E-state index is 0.00519. The van der Waals surface area contributed by atoms with E-state index < -0.39 is 47.5 Å². The first-order valence-electron chi connectivity index (χ1n) is 10.5. The molecule has 1 unspecified atom stereocenters. The van der Waals surface area contributed by atoms with Crippen LogP contribution in [0.3, 0.4) is 0 Å². The van der Waals surface area contributed by atoms with Gasteiger partial charge >= 0.3 is 11.9 Å². The fourth-order valence-electron chi connectivity index (χ4n) is 2.42. The summed E-state index contributed by atoms with van der Waals surface area (Å²) in [5.74, 6) is -4.69. The lowest BCUT2D eigenvalue weighted by Crippen LogP contribution is -2.50. The van der Waals surface area contributed by atoms with Gasteiger partial charge in [0, 0.05) is 31.8 Å². The molecule has 33 heavy (non-hydrogen) atoms. The van der Waals surface area contributed by atoms with Crippen LogP contribution >= 0.6 is 11.8 Å². The Labute approximate surface area is 197 Å². The highest BCUT2D eigenvalue weighted by atomic mass is 32.2. The molecule has 13 heteroatoms. The quantitative estimate of drug-likeness (QED) is 0.152. The molecular formula is C20H34N4O8S. The molecular weight excluding hydrogens is 456 g/mol. The van der Waals surface area contributed by atoms with Gasteiger partial charge in [-0.3, -0.25) is 28.8 Å². The van der Waals surface area contributed by atoms with Crippen LogP contribution in [0.5, 0.6) is 0 Å². The average Bonchev–Trinajstić information content (AvgIpc) is 2.71. The van der Waals surface area contributed by atoms with E-state index in [4.69, 9.17) is 5.11 Å². The number of rotatable bonds is 16. The van der Waals surface area contributed by atoms with Crippen LogP contribution in [-0.4, -0.2) is 82.0 Å². The van der Waals surface area contributed by atoms with Crippen molar-refractivity contribution in [3.05, 3.63) is 0 Å². The molecule has 2 atom stereocenters. The lowest BCUT2D eigenvalue weighted by atomic mass is 10.1. The summed E-state index contributed by atoms with van der Waals surface area (Å²) in [4.78, 5) is 70.1. The highest BCUT2D eigenvalue weighted by Crippen LogP contribution is 2.20. The van der Waals surface area contributed by atoms with Crippen molar-refractivity contribution in [2.45, 2.75) is 63.5 Å². The van der Waals surface area contributed by atoms with Crippen molar-refractivity contribution in [2.75, 3.05) is 19.6 Å². The van der Waals surface area contributed by atoms with E-state index in [0.29, 0.717) is 0 Å². The molecule has 12 nitrogen and oxygen atoms in total. The largest absolute Gasteiger partial charge is 0.481 e. The predicted molar refractivity (Wildman–Crippen MR) is 121 cm³/mol. The van der Waals surface area contributed by atoms with Crippen LogP contribution in [-0.2, 0) is 28.8 Å². The standard InChI is InChI=1S/C20H34N4O8S/c1-11(2)18(29)21-7-8-22-19(30)13(5-6-17(27)28)24-16(26)10-23-15(25)9-14(20(31)32)33-12(3)4/h11-14H,5-10H2,1-4H3,(H,21,29)(H,22,30)(H,23,25)(H,24,26)(H,27,28)(H,31,32)/t13-,14?/m1/s1. The van der Waals surface area contributed by atoms with Crippen LogP contribution in [0.25, 0.3) is 0 Å². The number of nitrogens with one attached hydrogen (secondary N) is 4. The minimum Gasteiger partial charge on any atom is -0.481 e. The van der Waals surface area contributed by atoms with E-state index in [0.717, 1.165) is 11.8 Å². The molecule has 188 valence electrons. The van der Waals surface area contributed by atoms with Gasteiger partial charge in [-0.05, 0) is 11.7 Å². The Kier molecular flexibility index (Phi) is 14.5. The first-order valence-corrected chi connectivity index (χ1v) is 11.5. The van der Waals surface area contributed by atoms with Crippen molar-refractivity contribution in [3.8, 4) is 0 Å². The SMILES string of the molecule is CC(C)SC(CC(=O)NCC(=O)N[C@H](CCC(=O)O)C(=O)NCCNC(=O)C(C)C)C(=O)O. The Balaban J connectivity index is 4.70. The molecule has 0 aromatic heterocycles. The Morgan fingerprint density at radius 3 is 1.88 bits per heavy atom. The summed E-state index contributed by atoms with van der Waals surface area (Å²) in [7, 11) is 0. The Hall–Kier alpha value is -2.83. The third-order valence-corrected chi connectivity index (χ3v) is 5.32. The van der Waals surface area contributed by atoms with E-state index in [2.05, 4.69) is 21.3 Å². The molecule has 0 aromatic carbocycles. The van der Waals surface area contributed by atoms with E-state index in [-0.39, 0.29) is 49.4 Å². The maximum Gasteiger partial charge on any atom is 0.317 e. The molecule has 0 aliphatic rings. The molecule has 0 fully saturated rings. The van der Waals surface area contributed by atoms with Gasteiger partial charge in [-0.2, -0.15) is 0 Å². The van der Waals surface area contributed by atoms with Crippen LogP contribution in [0.4, 0.5) is 0 Å². The molecule has 0 aliphatic carbocycles. The van der Waals surface area contributed by atoms with E-state index in [9.17, 15) is 33.9 Å². The number of thioether (sulfide) groups is 1. The van der Waals surface area contributed by atoms with Gasteiger partial charge in [-0.25, -0.2) is 0 Å². The molecule has 0 saturated carbocycles. The third kappa shape index (κ3) is 14.8. The molecule has 0 aromatic rings. The van der Waals surface area contributed by atoms with Gasteiger partial charge in [-0.1, -0.05) is 27.7 Å². The summed E-state index contributed by atoms with van der Waals surface area (Å²) < 4.78 is 0. The van der Waals surface area contributed by atoms with Crippen LogP contribution in [0.2, 0.25) is 0 Å². The van der Waals surface area contributed by atoms with Crippen molar-refractivity contribution in [3.63, 3.8) is 0 Å². The minimum atomic E-state index is -1.16. The van der Waals surface area contributed by atoms with E-state index in [1.54, 1.807) is 27.7 Å². The van der Waals surface area contributed by atoms with E-state index >= 15 is 0 Å². The normalized spacial score (nSPS) is 12.5. The Bertz CT molecular complexity index is 714. The number of amides is 4. The van der Waals surface area contributed by atoms with Crippen molar-refractivity contribution in [1.29, 1.82) is 0 Å². The highest BCUT2D eigenvalue weighted by molar-refractivity contribution is 8.01. The molecule has 0 saturated heterocycles. The first-order chi connectivity index (χ1) is 15.3. The topological polar surface area (TPSA) is 191 Å². The fraction of sp³-hybridized carbons (Fsp3) is 0.700. The second kappa shape index (κ2) is 15.9. The summed E-state index contributed by atoms with van der Waals surface area (Å²) >= 11 is 1.11. The number of carbonyl (C=O) groups is 6. The van der Waals surface area contributed by atoms with Crippen molar-refractivity contribution < 1.29 is 39.0 Å². The number of carboxylic acids is 2. The zero-order valence-electron chi connectivity index (χ0n) is 19.3. The Morgan fingerprint density at radius 2 is 1.39 bits per heavy atom. The summed E-state index contributed by atoms with van der Waals surface area (Å²) in [5.41, 5.74) is 0. The van der Waals surface area contributed by atoms with Crippen LogP contribution in [0.15, 0.2) is 0 Å². The third-order valence-electron chi connectivity index (χ3n) is 4.08. The van der Waals surface area contributed by atoms with Gasteiger partial charge in [0.05, 0.1) is 6.54 Å². The summed E-state index contributed by atoms with van der Waals surface area (Å²) in [6, 6.07) is -1.16. The summed E-state index contributed by atoms with van der Waals surface area (Å²) in [6.45, 7) is 6.78. The fourth-order valence-corrected chi connectivity index (χ4v) is 3.44. The zero-order chi connectivity index (χ0) is 25.6. The van der Waals surface area contributed by atoms with Crippen molar-refractivity contribution in [1.82, 2.24) is 21.3 Å². The molecule has 4 amide bonds. The maximum absolute atomic E-state index is 12.3. The van der Waals surface area contributed by atoms with Gasteiger partial charge in [0.1, 0.15) is 11.3 Å². The molecule has 6 N–H and O–H groups in total. The smallest absolute Gasteiger partial charge is 0.317 e. The monoisotopic (exact) mass is 490 g/mol. The van der Waals surface area contributed by atoms with Crippen LogP contribution in [0.1, 0.15) is 47.0 Å². The number of carboxylic acid groups (broad SMARTS) is 2. The first kappa shape index (κ1) is 30.2. The highest BCUT2D eigenvalue weighted by Gasteiger charge is 2.24. The number of hydrogen-bond acceptors (Lipinski definition) is 7.